The summed E-state index contributed by atoms with van der Waals surface area (Å²) in [5.74, 6) is -0.118. The number of hydrogen-bond donors (Lipinski definition) is 1. The summed E-state index contributed by atoms with van der Waals surface area (Å²) in [5, 5.41) is 1.93. The fourth-order valence-electron chi connectivity index (χ4n) is 2.65. The molecule has 110 valence electrons. The molecule has 1 fully saturated rings. The van der Waals surface area contributed by atoms with Crippen molar-refractivity contribution in [1.29, 1.82) is 0 Å². The highest BCUT2D eigenvalue weighted by Gasteiger charge is 2.39. The predicted octanol–water partition coefficient (Wildman–Crippen LogP) is 2.14. The van der Waals surface area contributed by atoms with Crippen LogP contribution in [0.1, 0.15) is 26.3 Å². The summed E-state index contributed by atoms with van der Waals surface area (Å²) in [7, 11) is 1.50. The predicted molar refractivity (Wildman–Crippen MR) is 74.7 cm³/mol. The van der Waals surface area contributed by atoms with Crippen molar-refractivity contribution in [2.24, 2.45) is 5.92 Å². The van der Waals surface area contributed by atoms with Gasteiger partial charge in [0, 0.05) is 18.2 Å². The van der Waals surface area contributed by atoms with Crippen LogP contribution in [0.4, 0.5) is 4.39 Å². The molecule has 1 aromatic carbocycles. The third kappa shape index (κ3) is 2.77. The minimum atomic E-state index is -0.327. The van der Waals surface area contributed by atoms with E-state index in [1.54, 1.807) is 12.1 Å². The number of methoxy groups -OCH3 is 1. The van der Waals surface area contributed by atoms with Crippen LogP contribution >= 0.6 is 0 Å². The lowest BCUT2D eigenvalue weighted by atomic mass is 9.93. The Morgan fingerprint density at radius 2 is 2.15 bits per heavy atom. The molecule has 1 saturated heterocycles. The molecule has 1 aliphatic heterocycles. The quantitative estimate of drug-likeness (QED) is 0.918. The maximum Gasteiger partial charge on any atom is 0.239 e. The molecule has 5 heteroatoms. The summed E-state index contributed by atoms with van der Waals surface area (Å²) in [6.45, 7) is 6.03. The van der Waals surface area contributed by atoms with Gasteiger partial charge in [-0.3, -0.25) is 10.2 Å². The monoisotopic (exact) mass is 280 g/mol. The molecule has 0 aromatic heterocycles. The summed E-state index contributed by atoms with van der Waals surface area (Å²) in [6.07, 6.45) is 0.395. The first kappa shape index (κ1) is 14.8. The van der Waals surface area contributed by atoms with Gasteiger partial charge in [0.05, 0.1) is 13.0 Å². The SMILES string of the molecule is COc1ccc(CC2C(=O)NN(C(C)C)C2C)c(F)c1. The second-order valence-corrected chi connectivity index (χ2v) is 5.49. The van der Waals surface area contributed by atoms with Crippen molar-refractivity contribution in [3.63, 3.8) is 0 Å². The zero-order valence-corrected chi connectivity index (χ0v) is 12.3. The Kier molecular flexibility index (Phi) is 4.28. The van der Waals surface area contributed by atoms with Gasteiger partial charge in [0.25, 0.3) is 0 Å². The number of nitrogens with zero attached hydrogens (tertiary/aromatic N) is 1. The van der Waals surface area contributed by atoms with E-state index in [0.717, 1.165) is 0 Å². The molecule has 2 atom stereocenters. The van der Waals surface area contributed by atoms with Crippen LogP contribution in [0.3, 0.4) is 0 Å². The van der Waals surface area contributed by atoms with E-state index >= 15 is 0 Å². The zero-order chi connectivity index (χ0) is 14.9. The van der Waals surface area contributed by atoms with Gasteiger partial charge in [0.15, 0.2) is 0 Å². The first-order valence-corrected chi connectivity index (χ1v) is 6.85. The summed E-state index contributed by atoms with van der Waals surface area (Å²) >= 11 is 0. The number of halogens is 1. The van der Waals surface area contributed by atoms with Gasteiger partial charge in [0.1, 0.15) is 11.6 Å². The molecule has 0 bridgehead atoms. The molecule has 1 aliphatic rings. The molecule has 0 saturated carbocycles. The highest BCUT2D eigenvalue weighted by molar-refractivity contribution is 5.81. The van der Waals surface area contributed by atoms with E-state index in [4.69, 9.17) is 4.74 Å². The van der Waals surface area contributed by atoms with Crippen molar-refractivity contribution >= 4 is 5.91 Å². The smallest absolute Gasteiger partial charge is 0.239 e. The van der Waals surface area contributed by atoms with Crippen molar-refractivity contribution in [3.8, 4) is 5.75 Å². The molecule has 1 amide bonds. The molecular formula is C15H21FN2O2. The third-order valence-electron chi connectivity index (χ3n) is 3.85. The summed E-state index contributed by atoms with van der Waals surface area (Å²) in [4.78, 5) is 12.0. The van der Waals surface area contributed by atoms with E-state index in [1.807, 2.05) is 25.8 Å². The Bertz CT molecular complexity index is 505. The van der Waals surface area contributed by atoms with Crippen molar-refractivity contribution in [2.45, 2.75) is 39.3 Å². The van der Waals surface area contributed by atoms with E-state index in [0.29, 0.717) is 17.7 Å². The van der Waals surface area contributed by atoms with Crippen LogP contribution < -0.4 is 10.2 Å². The van der Waals surface area contributed by atoms with Gasteiger partial charge in [-0.15, -0.1) is 0 Å². The highest BCUT2D eigenvalue weighted by atomic mass is 19.1. The number of carbonyl (C=O) groups is 1. The zero-order valence-electron chi connectivity index (χ0n) is 12.3. The Balaban J connectivity index is 2.16. The first-order chi connectivity index (χ1) is 9.43. The number of ether oxygens (including phenoxy) is 1. The number of benzene rings is 1. The van der Waals surface area contributed by atoms with Crippen molar-refractivity contribution in [1.82, 2.24) is 10.4 Å². The number of hydrazine groups is 1. The topological polar surface area (TPSA) is 41.6 Å². The van der Waals surface area contributed by atoms with Gasteiger partial charge in [-0.25, -0.2) is 9.40 Å². The van der Waals surface area contributed by atoms with E-state index in [-0.39, 0.29) is 29.7 Å². The minimum absolute atomic E-state index is 0.0404. The Hall–Kier alpha value is -1.62. The summed E-state index contributed by atoms with van der Waals surface area (Å²) in [6, 6.07) is 5.03. The van der Waals surface area contributed by atoms with Crippen LogP contribution in [0.2, 0.25) is 0 Å². The number of nitrogens with one attached hydrogen (secondary N) is 1. The number of hydrogen-bond acceptors (Lipinski definition) is 3. The largest absolute Gasteiger partial charge is 0.497 e. The first-order valence-electron chi connectivity index (χ1n) is 6.85. The molecule has 2 rings (SSSR count). The van der Waals surface area contributed by atoms with E-state index in [2.05, 4.69) is 5.43 Å². The fourth-order valence-corrected chi connectivity index (χ4v) is 2.65. The van der Waals surface area contributed by atoms with Gasteiger partial charge >= 0.3 is 0 Å². The molecular weight excluding hydrogens is 259 g/mol. The van der Waals surface area contributed by atoms with E-state index in [9.17, 15) is 9.18 Å². The normalized spacial score (nSPS) is 23.2. The number of amides is 1. The van der Waals surface area contributed by atoms with Crippen molar-refractivity contribution in [2.75, 3.05) is 7.11 Å². The lowest BCUT2D eigenvalue weighted by Gasteiger charge is -2.26. The molecule has 0 aliphatic carbocycles. The second kappa shape index (κ2) is 5.79. The van der Waals surface area contributed by atoms with Crippen molar-refractivity contribution < 1.29 is 13.9 Å². The average Bonchev–Trinajstić information content (AvgIpc) is 2.68. The molecule has 1 aromatic rings. The molecule has 20 heavy (non-hydrogen) atoms. The Morgan fingerprint density at radius 3 is 2.65 bits per heavy atom. The van der Waals surface area contributed by atoms with Gasteiger partial charge < -0.3 is 4.74 Å². The Labute approximate surface area is 118 Å². The molecule has 1 heterocycles. The number of rotatable bonds is 4. The summed E-state index contributed by atoms with van der Waals surface area (Å²) < 4.78 is 19.0. The second-order valence-electron chi connectivity index (χ2n) is 5.49. The van der Waals surface area contributed by atoms with Crippen LogP contribution in [0.5, 0.6) is 5.75 Å². The molecule has 0 spiro atoms. The fraction of sp³-hybridized carbons (Fsp3) is 0.533. The number of carbonyl (C=O) groups excluding carboxylic acids is 1. The standard InChI is InChI=1S/C15H21FN2O2/c1-9(2)18-10(3)13(15(19)17-18)7-11-5-6-12(20-4)8-14(11)16/h5-6,8-10,13H,7H2,1-4H3,(H,17,19). The van der Waals surface area contributed by atoms with E-state index in [1.165, 1.54) is 13.2 Å². The van der Waals surface area contributed by atoms with Crippen LogP contribution in [-0.2, 0) is 11.2 Å². The van der Waals surface area contributed by atoms with Crippen LogP contribution in [0.25, 0.3) is 0 Å². The average molecular weight is 280 g/mol. The lowest BCUT2D eigenvalue weighted by molar-refractivity contribution is -0.124. The maximum absolute atomic E-state index is 14.0. The van der Waals surface area contributed by atoms with Crippen LogP contribution in [-0.4, -0.2) is 30.1 Å². The van der Waals surface area contributed by atoms with E-state index < -0.39 is 0 Å². The highest BCUT2D eigenvalue weighted by Crippen LogP contribution is 2.26. The van der Waals surface area contributed by atoms with Gasteiger partial charge in [-0.2, -0.15) is 0 Å². The molecule has 1 N–H and O–H groups in total. The minimum Gasteiger partial charge on any atom is -0.497 e. The van der Waals surface area contributed by atoms with Gasteiger partial charge in [-0.05, 0) is 38.8 Å². The summed E-state index contributed by atoms with van der Waals surface area (Å²) in [5.41, 5.74) is 3.41. The van der Waals surface area contributed by atoms with Gasteiger partial charge in [-0.1, -0.05) is 6.07 Å². The van der Waals surface area contributed by atoms with Crippen LogP contribution in [0.15, 0.2) is 18.2 Å². The third-order valence-corrected chi connectivity index (χ3v) is 3.85. The molecule has 4 nitrogen and oxygen atoms in total. The van der Waals surface area contributed by atoms with Crippen LogP contribution in [0, 0.1) is 11.7 Å². The molecule has 0 radical (unpaired) electrons. The lowest BCUT2D eigenvalue weighted by Crippen LogP contribution is -2.42. The molecule has 2 unspecified atom stereocenters. The van der Waals surface area contributed by atoms with Gasteiger partial charge in [0.2, 0.25) is 5.91 Å². The van der Waals surface area contributed by atoms with Crippen molar-refractivity contribution in [3.05, 3.63) is 29.6 Å². The Morgan fingerprint density at radius 1 is 1.45 bits per heavy atom. The maximum atomic E-state index is 14.0.